The lowest BCUT2D eigenvalue weighted by Crippen LogP contribution is -2.34. The van der Waals surface area contributed by atoms with Crippen molar-refractivity contribution in [3.05, 3.63) is 34.6 Å². The van der Waals surface area contributed by atoms with Crippen LogP contribution in [0.25, 0.3) is 0 Å². The van der Waals surface area contributed by atoms with Crippen molar-refractivity contribution in [2.45, 2.75) is 47.5 Å². The van der Waals surface area contributed by atoms with E-state index < -0.39 is 0 Å². The highest BCUT2D eigenvalue weighted by Gasteiger charge is 2.19. The van der Waals surface area contributed by atoms with E-state index in [9.17, 15) is 0 Å². The molecule has 3 rings (SSSR count). The number of benzene rings is 1. The average Bonchev–Trinajstić information content (AvgIpc) is 2.51. The van der Waals surface area contributed by atoms with Crippen LogP contribution in [0.1, 0.15) is 42.3 Å². The van der Waals surface area contributed by atoms with Gasteiger partial charge in [-0.1, -0.05) is 24.6 Å². The fourth-order valence-corrected chi connectivity index (χ4v) is 3.36. The SMILES string of the molecule is Cc1cc(C)c(Nc2nc(C)nc(N3CCC(C)CC3)n2)c(C)c1. The van der Waals surface area contributed by atoms with Gasteiger partial charge in [0, 0.05) is 18.8 Å². The Labute approximate surface area is 144 Å². The number of hydrogen-bond acceptors (Lipinski definition) is 5. The molecule has 1 aliphatic rings. The quantitative estimate of drug-likeness (QED) is 0.921. The zero-order valence-electron chi connectivity index (χ0n) is 15.3. The number of piperidine rings is 1. The van der Waals surface area contributed by atoms with Gasteiger partial charge in [-0.05, 0) is 57.6 Å². The van der Waals surface area contributed by atoms with E-state index in [1.165, 1.54) is 29.5 Å². The van der Waals surface area contributed by atoms with Gasteiger partial charge in [-0.2, -0.15) is 15.0 Å². The normalized spacial score (nSPS) is 15.6. The first-order valence-corrected chi connectivity index (χ1v) is 8.75. The standard InChI is InChI=1S/C19H27N5/c1-12-6-8-24(9-7-12)19-21-16(5)20-18(23-19)22-17-14(3)10-13(2)11-15(17)4/h10-12H,6-9H2,1-5H3,(H,20,21,22,23). The molecule has 1 saturated heterocycles. The van der Waals surface area contributed by atoms with E-state index in [1.54, 1.807) is 0 Å². The van der Waals surface area contributed by atoms with Crippen LogP contribution >= 0.6 is 0 Å². The molecule has 1 fully saturated rings. The summed E-state index contributed by atoms with van der Waals surface area (Å²) in [4.78, 5) is 16.0. The Balaban J connectivity index is 1.87. The highest BCUT2D eigenvalue weighted by molar-refractivity contribution is 5.64. The number of anilines is 3. The molecule has 0 aliphatic carbocycles. The minimum atomic E-state index is 0.631. The van der Waals surface area contributed by atoms with Crippen LogP contribution in [0.2, 0.25) is 0 Å². The van der Waals surface area contributed by atoms with Gasteiger partial charge in [0.2, 0.25) is 11.9 Å². The van der Waals surface area contributed by atoms with Gasteiger partial charge in [0.15, 0.2) is 0 Å². The Morgan fingerprint density at radius 3 is 2.21 bits per heavy atom. The molecule has 5 heteroatoms. The van der Waals surface area contributed by atoms with Crippen molar-refractivity contribution in [1.29, 1.82) is 0 Å². The van der Waals surface area contributed by atoms with E-state index in [0.29, 0.717) is 5.95 Å². The molecule has 1 N–H and O–H groups in total. The molecule has 0 spiro atoms. The third kappa shape index (κ3) is 3.66. The van der Waals surface area contributed by atoms with Crippen molar-refractivity contribution >= 4 is 17.6 Å². The number of aromatic nitrogens is 3. The third-order valence-electron chi connectivity index (χ3n) is 4.72. The van der Waals surface area contributed by atoms with Gasteiger partial charge < -0.3 is 10.2 Å². The molecule has 2 heterocycles. The molecule has 0 unspecified atom stereocenters. The number of hydrogen-bond donors (Lipinski definition) is 1. The monoisotopic (exact) mass is 325 g/mol. The molecular formula is C19H27N5. The van der Waals surface area contributed by atoms with Crippen LogP contribution < -0.4 is 10.2 Å². The molecule has 128 valence electrons. The van der Waals surface area contributed by atoms with Crippen LogP contribution in [0.15, 0.2) is 12.1 Å². The van der Waals surface area contributed by atoms with E-state index in [0.717, 1.165) is 36.5 Å². The fraction of sp³-hybridized carbons (Fsp3) is 0.526. The second-order valence-electron chi connectivity index (χ2n) is 7.07. The van der Waals surface area contributed by atoms with Crippen LogP contribution in [0, 0.1) is 33.6 Å². The number of nitrogens with one attached hydrogen (secondary N) is 1. The summed E-state index contributed by atoms with van der Waals surface area (Å²) in [6, 6.07) is 4.35. The lowest BCUT2D eigenvalue weighted by Gasteiger charge is -2.30. The molecule has 0 saturated carbocycles. The summed E-state index contributed by atoms with van der Waals surface area (Å²) in [6.45, 7) is 12.6. The summed E-state index contributed by atoms with van der Waals surface area (Å²) in [5.74, 6) is 2.97. The summed E-state index contributed by atoms with van der Waals surface area (Å²) < 4.78 is 0. The lowest BCUT2D eigenvalue weighted by atomic mass is 10.00. The van der Waals surface area contributed by atoms with Gasteiger partial charge in [-0.3, -0.25) is 0 Å². The first-order chi connectivity index (χ1) is 11.4. The number of nitrogens with zero attached hydrogens (tertiary/aromatic N) is 4. The minimum Gasteiger partial charge on any atom is -0.341 e. The second-order valence-corrected chi connectivity index (χ2v) is 7.07. The smallest absolute Gasteiger partial charge is 0.232 e. The third-order valence-corrected chi connectivity index (χ3v) is 4.72. The Morgan fingerprint density at radius 2 is 1.58 bits per heavy atom. The Bertz CT molecular complexity index is 710. The van der Waals surface area contributed by atoms with Gasteiger partial charge in [0.1, 0.15) is 5.82 Å². The van der Waals surface area contributed by atoms with Crippen molar-refractivity contribution in [3.63, 3.8) is 0 Å². The van der Waals surface area contributed by atoms with Crippen molar-refractivity contribution in [1.82, 2.24) is 15.0 Å². The maximum Gasteiger partial charge on any atom is 0.232 e. The van der Waals surface area contributed by atoms with Crippen molar-refractivity contribution in [2.24, 2.45) is 5.92 Å². The minimum absolute atomic E-state index is 0.631. The van der Waals surface area contributed by atoms with E-state index in [1.807, 2.05) is 6.92 Å². The van der Waals surface area contributed by atoms with Gasteiger partial charge in [-0.25, -0.2) is 0 Å². The van der Waals surface area contributed by atoms with Crippen LogP contribution in [0.3, 0.4) is 0 Å². The van der Waals surface area contributed by atoms with E-state index >= 15 is 0 Å². The first-order valence-electron chi connectivity index (χ1n) is 8.75. The van der Waals surface area contributed by atoms with Crippen LogP contribution in [0.4, 0.5) is 17.6 Å². The Morgan fingerprint density at radius 1 is 0.958 bits per heavy atom. The van der Waals surface area contributed by atoms with Gasteiger partial charge in [-0.15, -0.1) is 0 Å². The fourth-order valence-electron chi connectivity index (χ4n) is 3.36. The molecule has 0 atom stereocenters. The predicted octanol–water partition coefficient (Wildman–Crippen LogP) is 4.09. The van der Waals surface area contributed by atoms with Crippen LogP contribution in [-0.2, 0) is 0 Å². The summed E-state index contributed by atoms with van der Waals surface area (Å²) in [5, 5.41) is 3.41. The number of aryl methyl sites for hydroxylation is 4. The molecule has 1 aliphatic heterocycles. The molecule has 2 aromatic rings. The molecular weight excluding hydrogens is 298 g/mol. The molecule has 1 aromatic carbocycles. The molecule has 5 nitrogen and oxygen atoms in total. The zero-order valence-corrected chi connectivity index (χ0v) is 15.3. The maximum atomic E-state index is 4.67. The van der Waals surface area contributed by atoms with Gasteiger partial charge in [0.05, 0.1) is 0 Å². The van der Waals surface area contributed by atoms with Gasteiger partial charge >= 0.3 is 0 Å². The van der Waals surface area contributed by atoms with E-state index in [4.69, 9.17) is 0 Å². The second kappa shape index (κ2) is 6.75. The topological polar surface area (TPSA) is 53.9 Å². The maximum absolute atomic E-state index is 4.67. The average molecular weight is 325 g/mol. The molecule has 0 radical (unpaired) electrons. The molecule has 24 heavy (non-hydrogen) atoms. The van der Waals surface area contributed by atoms with Crippen LogP contribution in [0.5, 0.6) is 0 Å². The van der Waals surface area contributed by atoms with Gasteiger partial charge in [0.25, 0.3) is 0 Å². The lowest BCUT2D eigenvalue weighted by molar-refractivity contribution is 0.434. The Hall–Kier alpha value is -2.17. The summed E-state index contributed by atoms with van der Waals surface area (Å²) in [7, 11) is 0. The summed E-state index contributed by atoms with van der Waals surface area (Å²) in [6.07, 6.45) is 2.40. The highest BCUT2D eigenvalue weighted by atomic mass is 15.3. The Kier molecular flexibility index (Phi) is 4.69. The summed E-state index contributed by atoms with van der Waals surface area (Å²) >= 11 is 0. The molecule has 0 amide bonds. The zero-order chi connectivity index (χ0) is 17.3. The molecule has 1 aromatic heterocycles. The largest absolute Gasteiger partial charge is 0.341 e. The van der Waals surface area contributed by atoms with Crippen molar-refractivity contribution in [2.75, 3.05) is 23.3 Å². The van der Waals surface area contributed by atoms with E-state index in [2.05, 4.69) is 65.0 Å². The number of rotatable bonds is 3. The van der Waals surface area contributed by atoms with E-state index in [-0.39, 0.29) is 0 Å². The molecule has 0 bridgehead atoms. The van der Waals surface area contributed by atoms with Crippen LogP contribution in [-0.4, -0.2) is 28.0 Å². The highest BCUT2D eigenvalue weighted by Crippen LogP contribution is 2.26. The first kappa shape index (κ1) is 16.7. The van der Waals surface area contributed by atoms with Crippen molar-refractivity contribution < 1.29 is 0 Å². The summed E-state index contributed by atoms with van der Waals surface area (Å²) in [5.41, 5.74) is 4.77. The predicted molar refractivity (Wildman–Crippen MR) is 99.1 cm³/mol. The van der Waals surface area contributed by atoms with Crippen molar-refractivity contribution in [3.8, 4) is 0 Å².